The zero-order chi connectivity index (χ0) is 12.1. The van der Waals surface area contributed by atoms with Crippen molar-refractivity contribution in [3.63, 3.8) is 0 Å². The summed E-state index contributed by atoms with van der Waals surface area (Å²) in [6.07, 6.45) is 5.53. The van der Waals surface area contributed by atoms with Gasteiger partial charge in [-0.15, -0.1) is 0 Å². The third kappa shape index (κ3) is 3.58. The number of furan rings is 1. The molecule has 3 nitrogen and oxygen atoms in total. The minimum Gasteiger partial charge on any atom is -0.469 e. The van der Waals surface area contributed by atoms with Crippen molar-refractivity contribution in [1.82, 2.24) is 5.32 Å². The first kappa shape index (κ1) is 12.7. The van der Waals surface area contributed by atoms with E-state index < -0.39 is 0 Å². The molecule has 1 atom stereocenters. The lowest BCUT2D eigenvalue weighted by Gasteiger charge is -2.29. The van der Waals surface area contributed by atoms with Crippen molar-refractivity contribution in [2.45, 2.75) is 26.2 Å². The molecule has 2 rings (SSSR count). The summed E-state index contributed by atoms with van der Waals surface area (Å²) in [7, 11) is 1.74. The molecular formula is C14H23NO2. The summed E-state index contributed by atoms with van der Waals surface area (Å²) in [6, 6.07) is 4.05. The van der Waals surface area contributed by atoms with E-state index in [1.807, 2.05) is 6.07 Å². The minimum absolute atomic E-state index is 0.325. The first-order valence-corrected chi connectivity index (χ1v) is 6.47. The lowest BCUT2D eigenvalue weighted by atomic mass is 9.80. The largest absolute Gasteiger partial charge is 0.469 e. The Morgan fingerprint density at radius 1 is 1.53 bits per heavy atom. The topological polar surface area (TPSA) is 34.4 Å². The van der Waals surface area contributed by atoms with E-state index in [9.17, 15) is 0 Å². The van der Waals surface area contributed by atoms with Gasteiger partial charge in [-0.25, -0.2) is 0 Å². The second-order valence-corrected chi connectivity index (χ2v) is 5.35. The summed E-state index contributed by atoms with van der Waals surface area (Å²) >= 11 is 0. The maximum atomic E-state index is 5.48. The van der Waals surface area contributed by atoms with Gasteiger partial charge in [0.05, 0.1) is 12.9 Å². The Kier molecular flexibility index (Phi) is 4.24. The standard InChI is InChI=1S/C14H23NO2/c1-14(12-5-6-12,11-15-7-9-16-2)10-13-4-3-8-17-13/h3-4,8,12,15H,5-7,9-11H2,1-2H3. The normalized spacial score (nSPS) is 19.2. The third-order valence-electron chi connectivity index (χ3n) is 3.73. The van der Waals surface area contributed by atoms with Crippen molar-refractivity contribution in [1.29, 1.82) is 0 Å². The molecule has 1 unspecified atom stereocenters. The average Bonchev–Trinajstić information content (AvgIpc) is 3.07. The fourth-order valence-electron chi connectivity index (χ4n) is 2.49. The highest BCUT2D eigenvalue weighted by Crippen LogP contribution is 2.47. The summed E-state index contributed by atoms with van der Waals surface area (Å²) in [5, 5.41) is 3.49. The highest BCUT2D eigenvalue weighted by molar-refractivity contribution is 5.05. The molecule has 1 aliphatic carbocycles. The van der Waals surface area contributed by atoms with Crippen LogP contribution in [-0.4, -0.2) is 26.8 Å². The van der Waals surface area contributed by atoms with Crippen molar-refractivity contribution in [2.75, 3.05) is 26.8 Å². The number of methoxy groups -OCH3 is 1. The Morgan fingerprint density at radius 2 is 2.35 bits per heavy atom. The van der Waals surface area contributed by atoms with E-state index in [4.69, 9.17) is 9.15 Å². The van der Waals surface area contributed by atoms with Crippen molar-refractivity contribution < 1.29 is 9.15 Å². The van der Waals surface area contributed by atoms with Crippen LogP contribution in [0.2, 0.25) is 0 Å². The van der Waals surface area contributed by atoms with Crippen molar-refractivity contribution in [2.24, 2.45) is 11.3 Å². The van der Waals surface area contributed by atoms with Crippen LogP contribution in [0.15, 0.2) is 22.8 Å². The molecule has 0 aromatic carbocycles. The van der Waals surface area contributed by atoms with Gasteiger partial charge in [0.15, 0.2) is 0 Å². The first-order chi connectivity index (χ1) is 8.24. The van der Waals surface area contributed by atoms with E-state index in [1.165, 1.54) is 12.8 Å². The number of hydrogen-bond acceptors (Lipinski definition) is 3. The van der Waals surface area contributed by atoms with Crippen LogP contribution in [0.5, 0.6) is 0 Å². The van der Waals surface area contributed by atoms with Gasteiger partial charge in [0, 0.05) is 26.6 Å². The number of nitrogens with one attached hydrogen (secondary N) is 1. The van der Waals surface area contributed by atoms with Gasteiger partial charge in [-0.3, -0.25) is 0 Å². The molecule has 1 N–H and O–H groups in total. The molecule has 0 spiro atoms. The fourth-order valence-corrected chi connectivity index (χ4v) is 2.49. The van der Waals surface area contributed by atoms with Gasteiger partial charge >= 0.3 is 0 Å². The molecule has 3 heteroatoms. The van der Waals surface area contributed by atoms with E-state index in [-0.39, 0.29) is 0 Å². The number of rotatable bonds is 8. The molecule has 1 fully saturated rings. The number of hydrogen-bond donors (Lipinski definition) is 1. The SMILES string of the molecule is COCCNCC(C)(Cc1ccco1)C1CC1. The highest BCUT2D eigenvalue weighted by atomic mass is 16.5. The molecular weight excluding hydrogens is 214 g/mol. The zero-order valence-corrected chi connectivity index (χ0v) is 10.9. The first-order valence-electron chi connectivity index (χ1n) is 6.47. The van der Waals surface area contributed by atoms with Crippen LogP contribution in [0.1, 0.15) is 25.5 Å². The maximum Gasteiger partial charge on any atom is 0.104 e. The predicted molar refractivity (Wildman–Crippen MR) is 68.0 cm³/mol. The van der Waals surface area contributed by atoms with Crippen molar-refractivity contribution in [3.8, 4) is 0 Å². The van der Waals surface area contributed by atoms with Crippen LogP contribution < -0.4 is 5.32 Å². The van der Waals surface area contributed by atoms with Crippen LogP contribution in [-0.2, 0) is 11.2 Å². The molecule has 1 saturated carbocycles. The second-order valence-electron chi connectivity index (χ2n) is 5.35. The summed E-state index contributed by atoms with van der Waals surface area (Å²) < 4.78 is 10.5. The molecule has 96 valence electrons. The van der Waals surface area contributed by atoms with Crippen LogP contribution in [0.25, 0.3) is 0 Å². The van der Waals surface area contributed by atoms with E-state index in [0.717, 1.165) is 37.8 Å². The molecule has 1 aliphatic rings. The molecule has 0 saturated heterocycles. The van der Waals surface area contributed by atoms with Gasteiger partial charge in [-0.1, -0.05) is 6.92 Å². The smallest absolute Gasteiger partial charge is 0.104 e. The Hall–Kier alpha value is -0.800. The van der Waals surface area contributed by atoms with Crippen LogP contribution in [0.3, 0.4) is 0 Å². The summed E-state index contributed by atoms with van der Waals surface area (Å²) in [6.45, 7) is 5.12. The Bertz CT molecular complexity index is 319. The molecule has 0 amide bonds. The van der Waals surface area contributed by atoms with Crippen molar-refractivity contribution in [3.05, 3.63) is 24.2 Å². The van der Waals surface area contributed by atoms with Gasteiger partial charge in [0.25, 0.3) is 0 Å². The monoisotopic (exact) mass is 237 g/mol. The summed E-state index contributed by atoms with van der Waals surface area (Å²) in [5.74, 6) is 1.95. The quantitative estimate of drug-likeness (QED) is 0.705. The Labute approximate surface area is 104 Å². The highest BCUT2D eigenvalue weighted by Gasteiger charge is 2.41. The molecule has 0 aliphatic heterocycles. The maximum absolute atomic E-state index is 5.48. The van der Waals surface area contributed by atoms with Gasteiger partial charge in [0.1, 0.15) is 5.76 Å². The molecule has 1 aromatic heterocycles. The summed E-state index contributed by atoms with van der Waals surface area (Å²) in [5.41, 5.74) is 0.325. The van der Waals surface area contributed by atoms with E-state index in [1.54, 1.807) is 13.4 Å². The second kappa shape index (κ2) is 5.69. The lowest BCUT2D eigenvalue weighted by molar-refractivity contribution is 0.184. The number of ether oxygens (including phenoxy) is 1. The van der Waals surface area contributed by atoms with Gasteiger partial charge < -0.3 is 14.5 Å². The van der Waals surface area contributed by atoms with E-state index in [2.05, 4.69) is 18.3 Å². The molecule has 0 radical (unpaired) electrons. The molecule has 17 heavy (non-hydrogen) atoms. The predicted octanol–water partition coefficient (Wildman–Crippen LogP) is 2.47. The lowest BCUT2D eigenvalue weighted by Crippen LogP contribution is -2.36. The van der Waals surface area contributed by atoms with Gasteiger partial charge in [0.2, 0.25) is 0 Å². The molecule has 1 aromatic rings. The fraction of sp³-hybridized carbons (Fsp3) is 0.714. The summed E-state index contributed by atoms with van der Waals surface area (Å²) in [4.78, 5) is 0. The van der Waals surface area contributed by atoms with Crippen molar-refractivity contribution >= 4 is 0 Å². The molecule has 1 heterocycles. The van der Waals surface area contributed by atoms with Crippen LogP contribution in [0, 0.1) is 11.3 Å². The van der Waals surface area contributed by atoms with E-state index >= 15 is 0 Å². The van der Waals surface area contributed by atoms with E-state index in [0.29, 0.717) is 5.41 Å². The van der Waals surface area contributed by atoms with Crippen LogP contribution in [0.4, 0.5) is 0 Å². The molecule has 0 bridgehead atoms. The Balaban J connectivity index is 1.85. The Morgan fingerprint density at radius 3 is 2.94 bits per heavy atom. The minimum atomic E-state index is 0.325. The zero-order valence-electron chi connectivity index (χ0n) is 10.9. The van der Waals surface area contributed by atoms with Gasteiger partial charge in [-0.05, 0) is 36.3 Å². The third-order valence-corrected chi connectivity index (χ3v) is 3.73. The van der Waals surface area contributed by atoms with Gasteiger partial charge in [-0.2, -0.15) is 0 Å². The average molecular weight is 237 g/mol. The van der Waals surface area contributed by atoms with Crippen LogP contribution >= 0.6 is 0 Å².